The van der Waals surface area contributed by atoms with Crippen LogP contribution in [0.2, 0.25) is 5.02 Å². The Morgan fingerprint density at radius 3 is 2.37 bits per heavy atom. The molecule has 1 amide bonds. The molecule has 0 saturated carbocycles. The number of amides is 1. The van der Waals surface area contributed by atoms with Crippen molar-refractivity contribution in [1.29, 1.82) is 0 Å². The van der Waals surface area contributed by atoms with Gasteiger partial charge in [-0.2, -0.15) is 4.68 Å². The summed E-state index contributed by atoms with van der Waals surface area (Å²) in [5.41, 5.74) is 0.688. The number of ether oxygens (including phenoxy) is 1. The summed E-state index contributed by atoms with van der Waals surface area (Å²) in [6.07, 6.45) is 1.46. The van der Waals surface area contributed by atoms with Gasteiger partial charge in [0.25, 0.3) is 5.91 Å². The smallest absolute Gasteiger partial charge is 0.266 e. The van der Waals surface area contributed by atoms with E-state index in [0.717, 1.165) is 0 Å². The fourth-order valence-electron chi connectivity index (χ4n) is 4.07. The number of benzene rings is 2. The lowest BCUT2D eigenvalue weighted by molar-refractivity contribution is -0.145. The molecule has 0 unspecified atom stereocenters. The number of hydrogen-bond donors (Lipinski definition) is 0. The van der Waals surface area contributed by atoms with Gasteiger partial charge in [0.15, 0.2) is 22.6 Å². The molecule has 0 radical (unpaired) electrons. The van der Waals surface area contributed by atoms with E-state index < -0.39 is 5.60 Å². The number of hydrogen-bond acceptors (Lipinski definition) is 7. The third kappa shape index (κ3) is 4.61. The minimum atomic E-state index is -1.03. The minimum Gasteiger partial charge on any atom is -0.478 e. The Morgan fingerprint density at radius 2 is 1.69 bits per heavy atom. The number of aromatic nitrogens is 5. The molecule has 5 rings (SSSR count). The second-order valence-corrected chi connectivity index (χ2v) is 9.13. The molecule has 4 aromatic rings. The van der Waals surface area contributed by atoms with Crippen molar-refractivity contribution in [3.63, 3.8) is 0 Å². The minimum absolute atomic E-state index is 0.0952. The van der Waals surface area contributed by atoms with Crippen molar-refractivity contribution in [3.8, 4) is 11.4 Å². The molecule has 9 nitrogen and oxygen atoms in total. The van der Waals surface area contributed by atoms with Gasteiger partial charge in [0.05, 0.1) is 5.69 Å². The Hall–Kier alpha value is -3.79. The molecule has 1 saturated heterocycles. The summed E-state index contributed by atoms with van der Waals surface area (Å²) in [7, 11) is 0. The largest absolute Gasteiger partial charge is 0.478 e. The Labute approximate surface area is 206 Å². The van der Waals surface area contributed by atoms with Crippen LogP contribution in [0.15, 0.2) is 54.9 Å². The van der Waals surface area contributed by atoms with Gasteiger partial charge in [-0.3, -0.25) is 4.79 Å². The summed E-state index contributed by atoms with van der Waals surface area (Å²) in [6.45, 7) is 5.67. The van der Waals surface area contributed by atoms with Gasteiger partial charge < -0.3 is 14.5 Å². The van der Waals surface area contributed by atoms with Gasteiger partial charge in [0, 0.05) is 31.2 Å². The molecular weight excluding hydrogens is 473 g/mol. The normalized spacial score (nSPS) is 14.4. The molecule has 0 N–H and O–H groups in total. The summed E-state index contributed by atoms with van der Waals surface area (Å²) < 4.78 is 20.8. The number of nitrogens with zero attached hydrogens (tertiary/aromatic N) is 7. The van der Waals surface area contributed by atoms with E-state index in [0.29, 0.717) is 59.6 Å². The second-order valence-electron chi connectivity index (χ2n) is 8.69. The van der Waals surface area contributed by atoms with Crippen molar-refractivity contribution >= 4 is 34.5 Å². The molecule has 0 aliphatic carbocycles. The first-order valence-corrected chi connectivity index (χ1v) is 11.5. The van der Waals surface area contributed by atoms with Gasteiger partial charge in [0.2, 0.25) is 0 Å². The fraction of sp³-hybridized carbons (Fsp3) is 0.292. The van der Waals surface area contributed by atoms with Crippen LogP contribution in [0.5, 0.6) is 5.75 Å². The maximum atomic E-state index is 13.3. The summed E-state index contributed by atoms with van der Waals surface area (Å²) in [4.78, 5) is 25.8. The lowest BCUT2D eigenvalue weighted by Gasteiger charge is -2.38. The summed E-state index contributed by atoms with van der Waals surface area (Å²) in [5.74, 6) is 0.802. The van der Waals surface area contributed by atoms with Crippen molar-refractivity contribution in [2.45, 2.75) is 19.4 Å². The zero-order valence-electron chi connectivity index (χ0n) is 19.2. The van der Waals surface area contributed by atoms with E-state index in [1.165, 1.54) is 18.5 Å². The highest BCUT2D eigenvalue weighted by molar-refractivity contribution is 6.30. The van der Waals surface area contributed by atoms with Gasteiger partial charge in [-0.05, 0) is 62.4 Å². The van der Waals surface area contributed by atoms with Gasteiger partial charge in [0.1, 0.15) is 17.9 Å². The summed E-state index contributed by atoms with van der Waals surface area (Å²) in [5, 5.41) is 9.08. The van der Waals surface area contributed by atoms with E-state index in [4.69, 9.17) is 16.3 Å². The third-order valence-corrected chi connectivity index (χ3v) is 6.11. The first kappa shape index (κ1) is 23.0. The van der Waals surface area contributed by atoms with E-state index in [1.54, 1.807) is 59.8 Å². The van der Waals surface area contributed by atoms with Gasteiger partial charge >= 0.3 is 0 Å². The third-order valence-electron chi connectivity index (χ3n) is 5.86. The van der Waals surface area contributed by atoms with E-state index in [9.17, 15) is 9.18 Å². The zero-order valence-corrected chi connectivity index (χ0v) is 20.0. The predicted octanol–water partition coefficient (Wildman–Crippen LogP) is 3.51. The molecule has 35 heavy (non-hydrogen) atoms. The van der Waals surface area contributed by atoms with Crippen molar-refractivity contribution in [2.24, 2.45) is 0 Å². The number of rotatable bonds is 5. The van der Waals surface area contributed by atoms with Crippen LogP contribution in [-0.4, -0.2) is 67.5 Å². The van der Waals surface area contributed by atoms with Crippen LogP contribution in [0.3, 0.4) is 0 Å². The Bertz CT molecular complexity index is 1350. The van der Waals surface area contributed by atoms with E-state index in [2.05, 4.69) is 25.2 Å². The monoisotopic (exact) mass is 495 g/mol. The second kappa shape index (κ2) is 9.10. The van der Waals surface area contributed by atoms with E-state index in [1.807, 2.05) is 0 Å². The Morgan fingerprint density at radius 1 is 1.00 bits per heavy atom. The molecule has 1 aliphatic heterocycles. The maximum Gasteiger partial charge on any atom is 0.266 e. The predicted molar refractivity (Wildman–Crippen MR) is 129 cm³/mol. The molecular formula is C24H23ClFN7O2. The molecule has 2 aromatic heterocycles. The molecule has 0 spiro atoms. The standard InChI is InChI=1S/C24H23ClFN7O2/c1-24(2,35-19-9-3-16(25)4-10-19)23(34)32-13-11-31(12-14-32)21-20-22(28-15-27-21)33(30-29-20)18-7-5-17(26)6-8-18/h3-10,15H,11-14H2,1-2H3. The zero-order chi connectivity index (χ0) is 24.6. The number of anilines is 1. The highest BCUT2D eigenvalue weighted by Crippen LogP contribution is 2.26. The molecule has 0 bridgehead atoms. The van der Waals surface area contributed by atoms with Crippen molar-refractivity contribution in [2.75, 3.05) is 31.1 Å². The van der Waals surface area contributed by atoms with Crippen molar-refractivity contribution in [1.82, 2.24) is 29.9 Å². The maximum absolute atomic E-state index is 13.3. The topological polar surface area (TPSA) is 89.3 Å². The summed E-state index contributed by atoms with van der Waals surface area (Å²) in [6, 6.07) is 12.9. The molecule has 11 heteroatoms. The number of fused-ring (bicyclic) bond motifs is 1. The van der Waals surface area contributed by atoms with Crippen LogP contribution in [0.1, 0.15) is 13.8 Å². The average molecular weight is 496 g/mol. The number of carbonyl (C=O) groups is 1. The molecule has 180 valence electrons. The van der Waals surface area contributed by atoms with E-state index in [-0.39, 0.29) is 11.7 Å². The van der Waals surface area contributed by atoms with E-state index >= 15 is 0 Å². The van der Waals surface area contributed by atoms with Gasteiger partial charge in [-0.25, -0.2) is 14.4 Å². The first-order chi connectivity index (χ1) is 16.8. The van der Waals surface area contributed by atoms with Crippen LogP contribution in [0, 0.1) is 5.82 Å². The Kier molecular flexibility index (Phi) is 5.98. The quantitative estimate of drug-likeness (QED) is 0.418. The molecule has 2 aromatic carbocycles. The summed E-state index contributed by atoms with van der Waals surface area (Å²) >= 11 is 5.94. The van der Waals surface area contributed by atoms with Crippen LogP contribution in [0.4, 0.5) is 10.2 Å². The van der Waals surface area contributed by atoms with Crippen LogP contribution < -0.4 is 9.64 Å². The molecule has 1 aliphatic rings. The highest BCUT2D eigenvalue weighted by atomic mass is 35.5. The van der Waals surface area contributed by atoms with Crippen LogP contribution >= 0.6 is 11.6 Å². The molecule has 0 atom stereocenters. The van der Waals surface area contributed by atoms with Crippen molar-refractivity contribution < 1.29 is 13.9 Å². The molecule has 1 fully saturated rings. The molecule has 3 heterocycles. The average Bonchev–Trinajstić information content (AvgIpc) is 3.30. The lowest BCUT2D eigenvalue weighted by Crippen LogP contribution is -2.56. The number of piperazine rings is 1. The van der Waals surface area contributed by atoms with Crippen LogP contribution in [-0.2, 0) is 4.79 Å². The van der Waals surface area contributed by atoms with Gasteiger partial charge in [-0.1, -0.05) is 16.8 Å². The number of carbonyl (C=O) groups excluding carboxylic acids is 1. The van der Waals surface area contributed by atoms with Crippen molar-refractivity contribution in [3.05, 3.63) is 65.7 Å². The highest BCUT2D eigenvalue weighted by Gasteiger charge is 2.36. The number of halogens is 2. The lowest BCUT2D eigenvalue weighted by atomic mass is 10.1. The Balaban J connectivity index is 1.29. The van der Waals surface area contributed by atoms with Crippen LogP contribution in [0.25, 0.3) is 16.9 Å². The SMILES string of the molecule is CC(C)(Oc1ccc(Cl)cc1)C(=O)N1CCN(c2ncnc3c2nnn3-c2ccc(F)cc2)CC1. The fourth-order valence-corrected chi connectivity index (χ4v) is 4.19. The first-order valence-electron chi connectivity index (χ1n) is 11.1. The van der Waals surface area contributed by atoms with Gasteiger partial charge in [-0.15, -0.1) is 5.10 Å².